The fourth-order valence-corrected chi connectivity index (χ4v) is 2.55. The van der Waals surface area contributed by atoms with E-state index in [1.165, 1.54) is 16.7 Å². The minimum atomic E-state index is 0.260. The highest BCUT2D eigenvalue weighted by Crippen LogP contribution is 2.23. The molecule has 1 unspecified atom stereocenters. The summed E-state index contributed by atoms with van der Waals surface area (Å²) >= 11 is 0. The number of para-hydroxylation sites is 1. The molecule has 0 aliphatic rings. The third-order valence-electron chi connectivity index (χ3n) is 3.81. The lowest BCUT2D eigenvalue weighted by Gasteiger charge is -2.18. The molecule has 2 rings (SSSR count). The molecule has 0 fully saturated rings. The minimum absolute atomic E-state index is 0.260. The van der Waals surface area contributed by atoms with Gasteiger partial charge >= 0.3 is 0 Å². The molecule has 0 radical (unpaired) electrons. The first-order chi connectivity index (χ1) is 9.49. The van der Waals surface area contributed by atoms with Crippen molar-refractivity contribution in [2.45, 2.75) is 40.3 Å². The van der Waals surface area contributed by atoms with Gasteiger partial charge in [-0.15, -0.1) is 0 Å². The summed E-state index contributed by atoms with van der Waals surface area (Å²) in [5.41, 5.74) is 5.76. The first-order valence-electron chi connectivity index (χ1n) is 7.07. The summed E-state index contributed by atoms with van der Waals surface area (Å²) in [5, 5.41) is 13.5. The molecule has 2 heteroatoms. The van der Waals surface area contributed by atoms with Crippen LogP contribution in [0.15, 0.2) is 36.4 Å². The third kappa shape index (κ3) is 3.20. The molecular formula is C18H23NO. The Morgan fingerprint density at radius 2 is 1.80 bits per heavy atom. The van der Waals surface area contributed by atoms with Crippen molar-refractivity contribution in [3.63, 3.8) is 0 Å². The largest absolute Gasteiger partial charge is 0.507 e. The topological polar surface area (TPSA) is 32.3 Å². The average molecular weight is 269 g/mol. The normalized spacial score (nSPS) is 12.4. The first-order valence-corrected chi connectivity index (χ1v) is 7.07. The molecule has 2 nitrogen and oxygen atoms in total. The van der Waals surface area contributed by atoms with Crippen LogP contribution in [-0.2, 0) is 6.54 Å². The van der Waals surface area contributed by atoms with E-state index in [0.717, 1.165) is 11.1 Å². The maximum absolute atomic E-state index is 10.0. The van der Waals surface area contributed by atoms with E-state index >= 15 is 0 Å². The summed E-state index contributed by atoms with van der Waals surface area (Å²) < 4.78 is 0. The standard InChI is InChI=1S/C18H23NO/c1-12-8-9-17(14(3)10-12)15(4)19-11-16-7-5-6-13(2)18(16)20/h5-10,15,19-20H,11H2,1-4H3. The van der Waals surface area contributed by atoms with Crippen LogP contribution in [0.4, 0.5) is 0 Å². The van der Waals surface area contributed by atoms with Crippen LogP contribution in [0.2, 0.25) is 0 Å². The Labute approximate surface area is 121 Å². The fourth-order valence-electron chi connectivity index (χ4n) is 2.55. The molecule has 0 heterocycles. The van der Waals surface area contributed by atoms with Crippen molar-refractivity contribution in [3.8, 4) is 5.75 Å². The average Bonchev–Trinajstić information content (AvgIpc) is 2.40. The zero-order valence-electron chi connectivity index (χ0n) is 12.7. The van der Waals surface area contributed by atoms with Crippen LogP contribution >= 0.6 is 0 Å². The van der Waals surface area contributed by atoms with Crippen molar-refractivity contribution >= 4 is 0 Å². The summed E-state index contributed by atoms with van der Waals surface area (Å²) in [6.45, 7) is 9.00. The molecule has 20 heavy (non-hydrogen) atoms. The summed E-state index contributed by atoms with van der Waals surface area (Å²) in [6.07, 6.45) is 0. The Kier molecular flexibility index (Phi) is 4.46. The van der Waals surface area contributed by atoms with E-state index in [1.807, 2.05) is 25.1 Å². The molecule has 0 spiro atoms. The molecule has 2 aromatic rings. The van der Waals surface area contributed by atoms with Crippen molar-refractivity contribution in [2.24, 2.45) is 0 Å². The van der Waals surface area contributed by atoms with Crippen LogP contribution in [0, 0.1) is 20.8 Å². The number of phenolic OH excluding ortho intramolecular Hbond substituents is 1. The molecule has 0 bridgehead atoms. The molecule has 0 saturated heterocycles. The Hall–Kier alpha value is -1.80. The van der Waals surface area contributed by atoms with E-state index < -0.39 is 0 Å². The van der Waals surface area contributed by atoms with E-state index in [9.17, 15) is 5.11 Å². The van der Waals surface area contributed by atoms with Gasteiger partial charge in [0.05, 0.1) is 0 Å². The van der Waals surface area contributed by atoms with Gasteiger partial charge in [0, 0.05) is 18.2 Å². The number of aromatic hydroxyl groups is 1. The van der Waals surface area contributed by atoms with Gasteiger partial charge in [0.1, 0.15) is 5.75 Å². The lowest BCUT2D eigenvalue weighted by molar-refractivity contribution is 0.456. The predicted octanol–water partition coefficient (Wildman–Crippen LogP) is 4.17. The summed E-state index contributed by atoms with van der Waals surface area (Å²) in [4.78, 5) is 0. The fraction of sp³-hybridized carbons (Fsp3) is 0.333. The van der Waals surface area contributed by atoms with Crippen LogP contribution in [0.25, 0.3) is 0 Å². The van der Waals surface area contributed by atoms with Crippen molar-refractivity contribution in [1.82, 2.24) is 5.32 Å². The van der Waals surface area contributed by atoms with Crippen LogP contribution in [0.1, 0.15) is 40.8 Å². The molecule has 2 N–H and O–H groups in total. The van der Waals surface area contributed by atoms with Crippen LogP contribution < -0.4 is 5.32 Å². The van der Waals surface area contributed by atoms with E-state index in [2.05, 4.69) is 44.3 Å². The maximum atomic E-state index is 10.0. The van der Waals surface area contributed by atoms with Crippen LogP contribution in [-0.4, -0.2) is 5.11 Å². The predicted molar refractivity (Wildman–Crippen MR) is 84.0 cm³/mol. The molecule has 0 saturated carbocycles. The lowest BCUT2D eigenvalue weighted by Crippen LogP contribution is -2.19. The van der Waals surface area contributed by atoms with Gasteiger partial charge in [0.15, 0.2) is 0 Å². The second-order valence-electron chi connectivity index (χ2n) is 5.55. The lowest BCUT2D eigenvalue weighted by atomic mass is 10.00. The van der Waals surface area contributed by atoms with Gasteiger partial charge in [-0.2, -0.15) is 0 Å². The van der Waals surface area contributed by atoms with Gasteiger partial charge in [0.2, 0.25) is 0 Å². The molecule has 0 amide bonds. The Bertz CT molecular complexity index is 604. The Morgan fingerprint density at radius 1 is 1.05 bits per heavy atom. The highest BCUT2D eigenvalue weighted by Gasteiger charge is 2.10. The number of hydrogen-bond donors (Lipinski definition) is 2. The van der Waals surface area contributed by atoms with Gasteiger partial charge < -0.3 is 10.4 Å². The molecule has 2 aromatic carbocycles. The molecule has 106 valence electrons. The maximum Gasteiger partial charge on any atom is 0.122 e. The molecule has 0 aliphatic carbocycles. The van der Waals surface area contributed by atoms with Crippen molar-refractivity contribution in [2.75, 3.05) is 0 Å². The van der Waals surface area contributed by atoms with E-state index in [4.69, 9.17) is 0 Å². The van der Waals surface area contributed by atoms with Gasteiger partial charge in [-0.3, -0.25) is 0 Å². The highest BCUT2D eigenvalue weighted by atomic mass is 16.3. The molecule has 0 aliphatic heterocycles. The van der Waals surface area contributed by atoms with Crippen molar-refractivity contribution in [1.29, 1.82) is 0 Å². The van der Waals surface area contributed by atoms with Crippen LogP contribution in [0.5, 0.6) is 5.75 Å². The van der Waals surface area contributed by atoms with Gasteiger partial charge in [-0.05, 0) is 44.4 Å². The van der Waals surface area contributed by atoms with E-state index in [-0.39, 0.29) is 6.04 Å². The Morgan fingerprint density at radius 3 is 2.50 bits per heavy atom. The number of aryl methyl sites for hydroxylation is 3. The van der Waals surface area contributed by atoms with Gasteiger partial charge in [-0.25, -0.2) is 0 Å². The monoisotopic (exact) mass is 269 g/mol. The van der Waals surface area contributed by atoms with E-state index in [0.29, 0.717) is 12.3 Å². The van der Waals surface area contributed by atoms with Gasteiger partial charge in [-0.1, -0.05) is 42.0 Å². The minimum Gasteiger partial charge on any atom is -0.507 e. The second-order valence-corrected chi connectivity index (χ2v) is 5.55. The first kappa shape index (κ1) is 14.6. The third-order valence-corrected chi connectivity index (χ3v) is 3.81. The number of rotatable bonds is 4. The number of hydrogen-bond acceptors (Lipinski definition) is 2. The molecular weight excluding hydrogens is 246 g/mol. The number of benzene rings is 2. The zero-order chi connectivity index (χ0) is 14.7. The van der Waals surface area contributed by atoms with Gasteiger partial charge in [0.25, 0.3) is 0 Å². The van der Waals surface area contributed by atoms with E-state index in [1.54, 1.807) is 0 Å². The second kappa shape index (κ2) is 6.10. The number of phenols is 1. The number of nitrogens with one attached hydrogen (secondary N) is 1. The van der Waals surface area contributed by atoms with Crippen molar-refractivity contribution < 1.29 is 5.11 Å². The highest BCUT2D eigenvalue weighted by molar-refractivity contribution is 5.39. The molecule has 1 atom stereocenters. The quantitative estimate of drug-likeness (QED) is 0.873. The zero-order valence-corrected chi connectivity index (χ0v) is 12.7. The summed E-state index contributed by atoms with van der Waals surface area (Å²) in [5.74, 6) is 0.396. The summed E-state index contributed by atoms with van der Waals surface area (Å²) in [7, 11) is 0. The summed E-state index contributed by atoms with van der Waals surface area (Å²) in [6, 6.07) is 12.7. The Balaban J connectivity index is 2.08. The SMILES string of the molecule is Cc1ccc(C(C)NCc2cccc(C)c2O)c(C)c1. The van der Waals surface area contributed by atoms with Crippen LogP contribution in [0.3, 0.4) is 0 Å². The smallest absolute Gasteiger partial charge is 0.122 e. The van der Waals surface area contributed by atoms with Crippen molar-refractivity contribution in [3.05, 3.63) is 64.2 Å². The molecule has 0 aromatic heterocycles.